The third kappa shape index (κ3) is 7.40. The van der Waals surface area contributed by atoms with Gasteiger partial charge in [0, 0.05) is 37.6 Å². The zero-order chi connectivity index (χ0) is 28.4. The molecule has 39 heavy (non-hydrogen) atoms. The van der Waals surface area contributed by atoms with Crippen molar-refractivity contribution in [2.75, 3.05) is 30.4 Å². The second-order valence-electron chi connectivity index (χ2n) is 10.8. The van der Waals surface area contributed by atoms with Crippen LogP contribution < -0.4 is 10.2 Å². The molecule has 0 spiro atoms. The highest BCUT2D eigenvalue weighted by Gasteiger charge is 2.32. The normalized spacial score (nSPS) is 15.9. The quantitative estimate of drug-likeness (QED) is 0.397. The molecule has 0 radical (unpaired) electrons. The molecular formula is C29H33F3N4O3. The number of benzene rings is 2. The van der Waals surface area contributed by atoms with E-state index in [1.165, 1.54) is 12.1 Å². The topological polar surface area (TPSA) is 74.8 Å². The number of carbonyl (C=O) groups excluding carboxylic acids is 2. The first kappa shape index (κ1) is 28.2. The van der Waals surface area contributed by atoms with Gasteiger partial charge in [0.2, 0.25) is 5.91 Å². The van der Waals surface area contributed by atoms with Crippen LogP contribution >= 0.6 is 0 Å². The van der Waals surface area contributed by atoms with Crippen molar-refractivity contribution in [3.8, 4) is 0 Å². The van der Waals surface area contributed by atoms with Crippen LogP contribution in [0.25, 0.3) is 10.9 Å². The van der Waals surface area contributed by atoms with E-state index >= 15 is 0 Å². The van der Waals surface area contributed by atoms with E-state index in [1.54, 1.807) is 18.0 Å². The molecule has 3 aromatic rings. The van der Waals surface area contributed by atoms with Gasteiger partial charge in [0.05, 0.1) is 17.1 Å². The van der Waals surface area contributed by atoms with Gasteiger partial charge in [-0.1, -0.05) is 12.1 Å². The maximum Gasteiger partial charge on any atom is 0.416 e. The third-order valence-electron chi connectivity index (χ3n) is 6.60. The predicted octanol–water partition coefficient (Wildman–Crippen LogP) is 6.27. The van der Waals surface area contributed by atoms with Gasteiger partial charge in [-0.2, -0.15) is 13.2 Å². The number of ether oxygens (including phenoxy) is 1. The lowest BCUT2D eigenvalue weighted by atomic mass is 10.1. The largest absolute Gasteiger partial charge is 0.444 e. The Kier molecular flexibility index (Phi) is 8.04. The molecular weight excluding hydrogens is 509 g/mol. The van der Waals surface area contributed by atoms with Crippen molar-refractivity contribution < 1.29 is 27.5 Å². The van der Waals surface area contributed by atoms with Gasteiger partial charge in [-0.15, -0.1) is 0 Å². The molecule has 1 aromatic heterocycles. The number of pyridine rings is 1. The number of hydrogen-bond acceptors (Lipinski definition) is 5. The van der Waals surface area contributed by atoms with Crippen LogP contribution in [0.15, 0.2) is 54.6 Å². The highest BCUT2D eigenvalue weighted by Crippen LogP contribution is 2.29. The Bertz CT molecular complexity index is 1340. The Morgan fingerprint density at radius 1 is 1.08 bits per heavy atom. The first-order valence-electron chi connectivity index (χ1n) is 12.9. The van der Waals surface area contributed by atoms with Gasteiger partial charge in [-0.3, -0.25) is 4.79 Å². The van der Waals surface area contributed by atoms with E-state index in [2.05, 4.69) is 10.2 Å². The molecule has 2 amide bonds. The van der Waals surface area contributed by atoms with Gasteiger partial charge < -0.3 is 19.9 Å². The van der Waals surface area contributed by atoms with Crippen LogP contribution in [0, 0.1) is 0 Å². The second-order valence-corrected chi connectivity index (χ2v) is 10.8. The lowest BCUT2D eigenvalue weighted by molar-refractivity contribution is -0.137. The van der Waals surface area contributed by atoms with E-state index in [0.717, 1.165) is 41.8 Å². The smallest absolute Gasteiger partial charge is 0.416 e. The van der Waals surface area contributed by atoms with Crippen LogP contribution in [0.3, 0.4) is 0 Å². The molecule has 2 heterocycles. The predicted molar refractivity (Wildman–Crippen MR) is 145 cm³/mol. The van der Waals surface area contributed by atoms with Crippen LogP contribution in [0.5, 0.6) is 0 Å². The summed E-state index contributed by atoms with van der Waals surface area (Å²) < 4.78 is 43.6. The highest BCUT2D eigenvalue weighted by molar-refractivity contribution is 5.94. The van der Waals surface area contributed by atoms with Crippen molar-refractivity contribution in [3.63, 3.8) is 0 Å². The zero-order valence-electron chi connectivity index (χ0n) is 22.5. The summed E-state index contributed by atoms with van der Waals surface area (Å²) in [5.74, 6) is 0.590. The van der Waals surface area contributed by atoms with Crippen molar-refractivity contribution in [2.24, 2.45) is 0 Å². The van der Waals surface area contributed by atoms with E-state index in [9.17, 15) is 22.8 Å². The summed E-state index contributed by atoms with van der Waals surface area (Å²) in [6.07, 6.45) is -3.42. The second kappa shape index (κ2) is 11.1. The molecule has 0 unspecified atom stereocenters. The molecule has 1 atom stereocenters. The molecule has 208 valence electrons. The highest BCUT2D eigenvalue weighted by atomic mass is 19.4. The van der Waals surface area contributed by atoms with E-state index < -0.39 is 17.3 Å². The minimum atomic E-state index is -4.38. The third-order valence-corrected chi connectivity index (χ3v) is 6.60. The minimum absolute atomic E-state index is 0.0255. The van der Waals surface area contributed by atoms with Crippen molar-refractivity contribution in [1.82, 2.24) is 9.88 Å². The lowest BCUT2D eigenvalue weighted by Crippen LogP contribution is -2.42. The van der Waals surface area contributed by atoms with Crippen LogP contribution in [-0.2, 0) is 22.1 Å². The fourth-order valence-corrected chi connectivity index (χ4v) is 4.46. The molecule has 0 aliphatic carbocycles. The summed E-state index contributed by atoms with van der Waals surface area (Å²) in [7, 11) is 1.76. The molecule has 1 fully saturated rings. The van der Waals surface area contributed by atoms with Gasteiger partial charge in [0.1, 0.15) is 11.4 Å². The monoisotopic (exact) mass is 542 g/mol. The van der Waals surface area contributed by atoms with Crippen LogP contribution in [-0.4, -0.2) is 53.7 Å². The van der Waals surface area contributed by atoms with Crippen LogP contribution in [0.4, 0.5) is 29.5 Å². The van der Waals surface area contributed by atoms with Gasteiger partial charge in [0.25, 0.3) is 0 Å². The summed E-state index contributed by atoms with van der Waals surface area (Å²) >= 11 is 0. The molecule has 2 aromatic carbocycles. The van der Waals surface area contributed by atoms with Gasteiger partial charge >= 0.3 is 12.3 Å². The number of alkyl halides is 3. The first-order chi connectivity index (χ1) is 18.3. The fourth-order valence-electron chi connectivity index (χ4n) is 4.46. The molecule has 7 nitrogen and oxygen atoms in total. The average Bonchev–Trinajstić information content (AvgIpc) is 3.36. The number of amides is 2. The molecule has 1 saturated heterocycles. The Hall–Kier alpha value is -3.82. The number of anilines is 2. The molecule has 1 N–H and O–H groups in total. The fraction of sp³-hybridized carbons (Fsp3) is 0.414. The maximum atomic E-state index is 12.7. The number of nitrogens with one attached hydrogen (secondary N) is 1. The number of fused-ring (bicyclic) bond motifs is 1. The first-order valence-corrected chi connectivity index (χ1v) is 12.9. The lowest BCUT2D eigenvalue weighted by Gasteiger charge is -2.28. The summed E-state index contributed by atoms with van der Waals surface area (Å²) in [6.45, 7) is 6.96. The van der Waals surface area contributed by atoms with Crippen LogP contribution in [0.1, 0.15) is 44.7 Å². The van der Waals surface area contributed by atoms with Gasteiger partial charge in [0.15, 0.2) is 0 Å². The standard InChI is InChI=1S/C29H33F3N4O3/c1-28(2,3)39-27(38)35(4)23-15-16-36(18-23)25-13-8-20-17-22(11-12-24(20)34-25)33-26(37)14-7-19-5-9-21(10-6-19)29(30,31)32/h5-6,8-13,17,23H,7,14-16,18H2,1-4H3,(H,33,37)/t23-/m0/s1. The number of rotatable bonds is 6. The van der Waals surface area contributed by atoms with E-state index in [-0.39, 0.29) is 24.5 Å². The molecule has 1 aliphatic heterocycles. The summed E-state index contributed by atoms with van der Waals surface area (Å²) in [6, 6.07) is 14.2. The van der Waals surface area contributed by atoms with E-state index in [4.69, 9.17) is 9.72 Å². The van der Waals surface area contributed by atoms with Crippen LogP contribution in [0.2, 0.25) is 0 Å². The number of nitrogens with zero attached hydrogens (tertiary/aromatic N) is 3. The molecule has 4 rings (SSSR count). The maximum absolute atomic E-state index is 12.7. The van der Waals surface area contributed by atoms with E-state index in [0.29, 0.717) is 24.2 Å². The Balaban J connectivity index is 1.33. The summed E-state index contributed by atoms with van der Waals surface area (Å²) in [5.41, 5.74) is 0.804. The number of aryl methyl sites for hydroxylation is 1. The van der Waals surface area contributed by atoms with Crippen molar-refractivity contribution >= 4 is 34.4 Å². The molecule has 0 bridgehead atoms. The molecule has 10 heteroatoms. The summed E-state index contributed by atoms with van der Waals surface area (Å²) in [4.78, 5) is 33.4. The van der Waals surface area contributed by atoms with Crippen molar-refractivity contribution in [2.45, 2.75) is 57.9 Å². The Morgan fingerprint density at radius 3 is 2.46 bits per heavy atom. The minimum Gasteiger partial charge on any atom is -0.444 e. The number of halogens is 3. The zero-order valence-corrected chi connectivity index (χ0v) is 22.5. The average molecular weight is 543 g/mol. The SMILES string of the molecule is CN(C(=O)OC(C)(C)C)[C@H]1CCN(c2ccc3cc(NC(=O)CCc4ccc(C(F)(F)F)cc4)ccc3n2)C1. The molecule has 1 aliphatic rings. The Morgan fingerprint density at radius 2 is 1.79 bits per heavy atom. The van der Waals surface area contributed by atoms with Gasteiger partial charge in [-0.25, -0.2) is 9.78 Å². The molecule has 0 saturated carbocycles. The summed E-state index contributed by atoms with van der Waals surface area (Å²) in [5, 5.41) is 3.71. The number of aromatic nitrogens is 1. The van der Waals surface area contributed by atoms with Crippen molar-refractivity contribution in [1.29, 1.82) is 0 Å². The van der Waals surface area contributed by atoms with E-state index in [1.807, 2.05) is 45.0 Å². The van der Waals surface area contributed by atoms with Crippen molar-refractivity contribution in [3.05, 3.63) is 65.7 Å². The Labute approximate surface area is 225 Å². The number of hydrogen-bond donors (Lipinski definition) is 1. The number of carbonyl (C=O) groups is 2. The number of likely N-dealkylation sites (N-methyl/N-ethyl adjacent to an activating group) is 1. The van der Waals surface area contributed by atoms with Gasteiger partial charge in [-0.05, 0) is 81.6 Å².